The van der Waals surface area contributed by atoms with Crippen LogP contribution in [0.2, 0.25) is 0 Å². The van der Waals surface area contributed by atoms with Gasteiger partial charge in [-0.3, -0.25) is 4.57 Å². The number of hydrogen-bond donors (Lipinski definition) is 10. The van der Waals surface area contributed by atoms with Crippen molar-refractivity contribution in [3.8, 4) is 0 Å². The van der Waals surface area contributed by atoms with Gasteiger partial charge in [-0.05, 0) is 0 Å². The third-order valence-electron chi connectivity index (χ3n) is 3.83. The van der Waals surface area contributed by atoms with Gasteiger partial charge in [-0.25, -0.2) is 15.0 Å². The van der Waals surface area contributed by atoms with Crippen LogP contribution >= 0.6 is 24.5 Å². The minimum Gasteiger partial charge on any atom is -0.387 e. The van der Waals surface area contributed by atoms with Crippen molar-refractivity contribution in [3.63, 3.8) is 0 Å². The molecule has 1 aliphatic heterocycles. The number of aromatic nitrogens is 4. The number of imidazole rings is 1. The number of nitrogens with zero attached hydrogens (tertiary/aromatic N) is 4. The second kappa shape index (κ2) is 8.81. The molecular formula is C10H19N5O13P3+3. The molecule has 174 valence electrons. The summed E-state index contributed by atoms with van der Waals surface area (Å²) in [7, 11) is -15.6. The third kappa shape index (κ3) is 5.93. The maximum atomic E-state index is 10.3. The van der Waals surface area contributed by atoms with Crippen molar-refractivity contribution in [2.75, 3.05) is 12.3 Å². The van der Waals surface area contributed by atoms with Gasteiger partial charge in [-0.15, -0.1) is 4.52 Å². The van der Waals surface area contributed by atoms with Crippen LogP contribution in [0.25, 0.3) is 11.2 Å². The van der Waals surface area contributed by atoms with E-state index >= 15 is 0 Å². The van der Waals surface area contributed by atoms with E-state index in [0.29, 0.717) is 0 Å². The summed E-state index contributed by atoms with van der Waals surface area (Å²) in [6.07, 6.45) is -3.44. The monoisotopic (exact) mass is 510 g/mol. The topological polar surface area (TPSA) is 289 Å². The van der Waals surface area contributed by atoms with Crippen LogP contribution in [0, 0.1) is 0 Å². The molecule has 21 heteroatoms. The maximum Gasteiger partial charge on any atom is 0.667 e. The molecule has 0 bridgehead atoms. The summed E-state index contributed by atoms with van der Waals surface area (Å²) in [5.74, 6) is 0.0612. The number of hydrogen-bond acceptors (Lipinski definition) is 17. The van der Waals surface area contributed by atoms with Crippen LogP contribution in [0.4, 0.5) is 5.82 Å². The van der Waals surface area contributed by atoms with Gasteiger partial charge in [0.15, 0.2) is 17.7 Å². The lowest BCUT2D eigenvalue weighted by Crippen LogP contribution is -2.33. The predicted molar refractivity (Wildman–Crippen MR) is 100 cm³/mol. The van der Waals surface area contributed by atoms with Gasteiger partial charge in [0.25, 0.3) is 0 Å². The Balaban J connectivity index is 1.67. The Morgan fingerprint density at radius 3 is 2.29 bits per heavy atom. The first-order valence-electron chi connectivity index (χ1n) is 7.97. The molecule has 4 atom stereocenters. The van der Waals surface area contributed by atoms with Crippen molar-refractivity contribution in [2.24, 2.45) is 0 Å². The van der Waals surface area contributed by atoms with Gasteiger partial charge in [0.2, 0.25) is 0 Å². The number of aliphatic hydroxyl groups is 2. The van der Waals surface area contributed by atoms with E-state index in [-0.39, 0.29) is 17.0 Å². The summed E-state index contributed by atoms with van der Waals surface area (Å²) in [4.78, 5) is 75.6. The fraction of sp³-hybridized carbons (Fsp3) is 0.500. The number of ether oxygens (including phenoxy) is 1. The van der Waals surface area contributed by atoms with Crippen LogP contribution in [0.3, 0.4) is 0 Å². The second-order valence-electron chi connectivity index (χ2n) is 6.08. The molecule has 0 aromatic carbocycles. The van der Waals surface area contributed by atoms with E-state index in [1.54, 1.807) is 0 Å². The first kappa shape index (κ1) is 24.8. The average Bonchev–Trinajstić information content (AvgIpc) is 3.13. The van der Waals surface area contributed by atoms with Crippen LogP contribution in [0.1, 0.15) is 6.23 Å². The Kier molecular flexibility index (Phi) is 7.04. The number of aliphatic hydroxyl groups excluding tert-OH is 2. The molecule has 31 heavy (non-hydrogen) atoms. The van der Waals surface area contributed by atoms with Crippen molar-refractivity contribution in [1.82, 2.24) is 19.5 Å². The highest BCUT2D eigenvalue weighted by Gasteiger charge is 2.69. The Hall–Kier alpha value is -0.880. The van der Waals surface area contributed by atoms with Crippen molar-refractivity contribution < 1.29 is 62.3 Å². The summed E-state index contributed by atoms with van der Waals surface area (Å²) >= 11 is 0. The molecular weight excluding hydrogens is 491 g/mol. The lowest BCUT2D eigenvalue weighted by molar-refractivity contribution is -0.0524. The molecule has 2 aromatic heterocycles. The summed E-state index contributed by atoms with van der Waals surface area (Å²) in [5, 5.41) is 20.5. The van der Waals surface area contributed by atoms with E-state index in [1.807, 2.05) is 0 Å². The first-order chi connectivity index (χ1) is 14.2. The van der Waals surface area contributed by atoms with E-state index in [1.165, 1.54) is 10.9 Å². The molecule has 3 rings (SSSR count). The predicted octanol–water partition coefficient (Wildman–Crippen LogP) is -2.94. The third-order valence-corrected chi connectivity index (χ3v) is 7.75. The standard InChI is InChI=1S/C10H19N5O13P3/c11-8-5-9(13-2-12-8)15(3-14-5)10-7(17)6(16)4(26-10)1-25-30(21,22)28-31(23,24)27-29(18,19)20/h2-4,6-7,10,16-24H,1H2,(H2,11,12,13)/q+3/t4-,6-,7-,10-/m1/s1. The number of anilines is 1. The van der Waals surface area contributed by atoms with E-state index in [4.69, 9.17) is 25.2 Å². The fourth-order valence-electron chi connectivity index (χ4n) is 2.64. The van der Waals surface area contributed by atoms with E-state index in [2.05, 4.69) is 28.1 Å². The van der Waals surface area contributed by atoms with Crippen molar-refractivity contribution >= 4 is 41.5 Å². The molecule has 0 spiro atoms. The minimum atomic E-state index is -5.33. The molecule has 0 unspecified atom stereocenters. The number of fused-ring (bicyclic) bond motifs is 1. The SMILES string of the molecule is Nc1ncnc2c1ncn2[C@@H]1O[C@H](CO[P+](O)(O)O[P+](O)(O)O[P+](O)(O)O)[C@@H](O)[C@H]1O. The summed E-state index contributed by atoms with van der Waals surface area (Å²) in [6.45, 7) is -0.850. The van der Waals surface area contributed by atoms with Gasteiger partial charge < -0.3 is 20.7 Å². The molecule has 0 aliphatic carbocycles. The highest BCUT2D eigenvalue weighted by molar-refractivity contribution is 7.73. The van der Waals surface area contributed by atoms with Crippen LogP contribution in [0.15, 0.2) is 12.7 Å². The molecule has 1 fully saturated rings. The average molecular weight is 510 g/mol. The number of nitrogen functional groups attached to an aromatic ring is 1. The molecule has 2 aromatic rings. The smallest absolute Gasteiger partial charge is 0.387 e. The Labute approximate surface area is 173 Å². The maximum absolute atomic E-state index is 10.3. The van der Waals surface area contributed by atoms with Crippen molar-refractivity contribution in [2.45, 2.75) is 24.5 Å². The molecule has 0 radical (unpaired) electrons. The van der Waals surface area contributed by atoms with Gasteiger partial charge in [-0.1, -0.05) is 0 Å². The zero-order valence-corrected chi connectivity index (χ0v) is 17.7. The van der Waals surface area contributed by atoms with Crippen molar-refractivity contribution in [1.29, 1.82) is 0 Å². The first-order valence-corrected chi connectivity index (χ1v) is 12.6. The molecule has 0 saturated carbocycles. The van der Waals surface area contributed by atoms with Gasteiger partial charge in [0.1, 0.15) is 36.8 Å². The molecule has 0 amide bonds. The Morgan fingerprint density at radius 1 is 0.968 bits per heavy atom. The van der Waals surface area contributed by atoms with Gasteiger partial charge >= 0.3 is 24.5 Å². The summed E-state index contributed by atoms with van der Waals surface area (Å²) in [5.41, 5.74) is 6.07. The highest BCUT2D eigenvalue weighted by atomic mass is 31.3. The molecule has 1 aliphatic rings. The second-order valence-corrected chi connectivity index (χ2v) is 10.6. The van der Waals surface area contributed by atoms with E-state index in [0.717, 1.165) is 6.33 Å². The van der Waals surface area contributed by atoms with Crippen LogP contribution in [0.5, 0.6) is 0 Å². The molecule has 11 N–H and O–H groups in total. The minimum absolute atomic E-state index is 0.0612. The summed E-state index contributed by atoms with van der Waals surface area (Å²) < 4.78 is 18.9. The Morgan fingerprint density at radius 2 is 1.65 bits per heavy atom. The number of rotatable bonds is 8. The van der Waals surface area contributed by atoms with Gasteiger partial charge in [-0.2, -0.15) is 34.3 Å². The summed E-state index contributed by atoms with van der Waals surface area (Å²) in [6, 6.07) is 0. The lowest BCUT2D eigenvalue weighted by atomic mass is 10.1. The Bertz CT molecular complexity index is 925. The highest BCUT2D eigenvalue weighted by Crippen LogP contribution is 2.75. The van der Waals surface area contributed by atoms with Gasteiger partial charge in [0.05, 0.1) is 14.9 Å². The zero-order chi connectivity index (χ0) is 23.2. The largest absolute Gasteiger partial charge is 0.667 e. The number of nitrogens with two attached hydrogens (primary N) is 1. The quantitative estimate of drug-likeness (QED) is 0.159. The van der Waals surface area contributed by atoms with Gasteiger partial charge in [0, 0.05) is 0 Å². The zero-order valence-electron chi connectivity index (χ0n) is 15.0. The van der Waals surface area contributed by atoms with Crippen LogP contribution in [-0.4, -0.2) is 88.9 Å². The van der Waals surface area contributed by atoms with Crippen LogP contribution < -0.4 is 5.73 Å². The van der Waals surface area contributed by atoms with E-state index in [9.17, 15) is 29.8 Å². The van der Waals surface area contributed by atoms with E-state index < -0.39 is 55.7 Å². The lowest BCUT2D eigenvalue weighted by Gasteiger charge is -2.16. The fourth-order valence-corrected chi connectivity index (χ4v) is 5.81. The van der Waals surface area contributed by atoms with Crippen molar-refractivity contribution in [3.05, 3.63) is 12.7 Å². The van der Waals surface area contributed by atoms with Crippen LogP contribution in [-0.2, 0) is 17.9 Å². The normalized spacial score (nSPS) is 25.5. The molecule has 1 saturated heterocycles. The molecule has 18 nitrogen and oxygen atoms in total. The molecule has 3 heterocycles.